The molecule has 0 aliphatic carbocycles. The number of carbonyl (C=O) groups is 1. The molecule has 1 amide bonds. The van der Waals surface area contributed by atoms with Crippen molar-refractivity contribution < 1.29 is 17.9 Å². The molecule has 0 atom stereocenters. The first kappa shape index (κ1) is 16.8. The van der Waals surface area contributed by atoms with Crippen LogP contribution >= 0.6 is 0 Å². The third-order valence-corrected chi connectivity index (χ3v) is 4.80. The summed E-state index contributed by atoms with van der Waals surface area (Å²) in [6.45, 7) is 1.70. The Hall–Kier alpha value is -2.54. The maximum Gasteiger partial charge on any atom is 0.262 e. The van der Waals surface area contributed by atoms with Crippen molar-refractivity contribution in [1.82, 2.24) is 0 Å². The van der Waals surface area contributed by atoms with Crippen LogP contribution in [0, 0.1) is 6.92 Å². The fourth-order valence-electron chi connectivity index (χ4n) is 2.15. The zero-order valence-electron chi connectivity index (χ0n) is 12.9. The van der Waals surface area contributed by atoms with E-state index < -0.39 is 15.9 Å². The maximum atomic E-state index is 12.5. The van der Waals surface area contributed by atoms with E-state index >= 15 is 0 Å². The Kier molecular flexibility index (Phi) is 4.90. The summed E-state index contributed by atoms with van der Waals surface area (Å²) in [5, 5.41) is 0. The average molecular weight is 334 g/mol. The van der Waals surface area contributed by atoms with E-state index in [0.717, 1.165) is 5.56 Å². The summed E-state index contributed by atoms with van der Waals surface area (Å²) in [5.74, 6) is 0.157. The standard InChI is InChI=1S/C16H18N2O4S/c1-11-9-14(22-2)7-8-15(11)23(20,21)18-13-5-3-12(4-6-13)10-16(17)19/h3-9,18H,10H2,1-2H3,(H2,17,19). The summed E-state index contributed by atoms with van der Waals surface area (Å²) in [4.78, 5) is 11.0. The minimum absolute atomic E-state index is 0.116. The smallest absolute Gasteiger partial charge is 0.262 e. The molecule has 2 aromatic rings. The van der Waals surface area contributed by atoms with Crippen molar-refractivity contribution in [3.63, 3.8) is 0 Å². The van der Waals surface area contributed by atoms with Crippen LogP contribution in [-0.2, 0) is 21.2 Å². The molecule has 2 rings (SSSR count). The molecule has 0 aliphatic rings. The Morgan fingerprint density at radius 1 is 1.17 bits per heavy atom. The Labute approximate surface area is 135 Å². The van der Waals surface area contributed by atoms with E-state index in [-0.39, 0.29) is 11.3 Å². The molecule has 0 aromatic heterocycles. The first-order chi connectivity index (χ1) is 10.8. The molecule has 23 heavy (non-hydrogen) atoms. The van der Waals surface area contributed by atoms with Crippen LogP contribution in [0.2, 0.25) is 0 Å². The molecule has 0 saturated heterocycles. The maximum absolute atomic E-state index is 12.5. The van der Waals surface area contributed by atoms with Gasteiger partial charge < -0.3 is 10.5 Å². The van der Waals surface area contributed by atoms with E-state index in [2.05, 4.69) is 4.72 Å². The second-order valence-electron chi connectivity index (χ2n) is 5.08. The predicted molar refractivity (Wildman–Crippen MR) is 87.9 cm³/mol. The van der Waals surface area contributed by atoms with Crippen LogP contribution in [0.4, 0.5) is 5.69 Å². The largest absolute Gasteiger partial charge is 0.497 e. The van der Waals surface area contributed by atoms with Gasteiger partial charge in [0.25, 0.3) is 10.0 Å². The van der Waals surface area contributed by atoms with E-state index in [1.807, 2.05) is 0 Å². The van der Waals surface area contributed by atoms with Gasteiger partial charge >= 0.3 is 0 Å². The number of nitrogens with two attached hydrogens (primary N) is 1. The summed E-state index contributed by atoms with van der Waals surface area (Å²) in [5.41, 5.74) is 6.84. The van der Waals surface area contributed by atoms with Crippen LogP contribution in [-0.4, -0.2) is 21.4 Å². The van der Waals surface area contributed by atoms with Gasteiger partial charge in [-0.15, -0.1) is 0 Å². The number of amides is 1. The molecule has 2 aromatic carbocycles. The molecule has 0 saturated carbocycles. The highest BCUT2D eigenvalue weighted by atomic mass is 32.2. The Balaban J connectivity index is 2.22. The van der Waals surface area contributed by atoms with Crippen molar-refractivity contribution in [2.45, 2.75) is 18.2 Å². The quantitative estimate of drug-likeness (QED) is 0.842. The summed E-state index contributed by atoms with van der Waals surface area (Å²) in [7, 11) is -2.18. The SMILES string of the molecule is COc1ccc(S(=O)(=O)Nc2ccc(CC(N)=O)cc2)c(C)c1. The number of nitrogens with one attached hydrogen (secondary N) is 1. The molecule has 0 heterocycles. The van der Waals surface area contributed by atoms with Gasteiger partial charge in [-0.2, -0.15) is 0 Å². The van der Waals surface area contributed by atoms with Crippen LogP contribution in [0.5, 0.6) is 5.75 Å². The summed E-state index contributed by atoms with van der Waals surface area (Å²) in [6, 6.07) is 11.2. The molecule has 7 heteroatoms. The van der Waals surface area contributed by atoms with Crippen molar-refractivity contribution in [1.29, 1.82) is 0 Å². The highest BCUT2D eigenvalue weighted by Gasteiger charge is 2.17. The van der Waals surface area contributed by atoms with Crippen LogP contribution in [0.3, 0.4) is 0 Å². The minimum atomic E-state index is -3.70. The van der Waals surface area contributed by atoms with Gasteiger partial charge in [0.05, 0.1) is 18.4 Å². The lowest BCUT2D eigenvalue weighted by Crippen LogP contribution is -2.15. The summed E-state index contributed by atoms with van der Waals surface area (Å²) < 4.78 is 32.5. The second kappa shape index (κ2) is 6.70. The van der Waals surface area contributed by atoms with E-state index in [4.69, 9.17) is 10.5 Å². The van der Waals surface area contributed by atoms with E-state index in [1.165, 1.54) is 13.2 Å². The number of hydrogen-bond donors (Lipinski definition) is 2. The third kappa shape index (κ3) is 4.23. The van der Waals surface area contributed by atoms with E-state index in [0.29, 0.717) is 17.0 Å². The van der Waals surface area contributed by atoms with Crippen molar-refractivity contribution in [3.05, 3.63) is 53.6 Å². The van der Waals surface area contributed by atoms with Crippen molar-refractivity contribution in [2.75, 3.05) is 11.8 Å². The summed E-state index contributed by atoms with van der Waals surface area (Å²) >= 11 is 0. The zero-order chi connectivity index (χ0) is 17.0. The Morgan fingerprint density at radius 2 is 1.83 bits per heavy atom. The molecule has 0 fully saturated rings. The number of benzene rings is 2. The number of rotatable bonds is 6. The van der Waals surface area contributed by atoms with Gasteiger partial charge in [-0.3, -0.25) is 9.52 Å². The average Bonchev–Trinajstić information content (AvgIpc) is 2.48. The normalized spacial score (nSPS) is 11.0. The topological polar surface area (TPSA) is 98.5 Å². The lowest BCUT2D eigenvalue weighted by Gasteiger charge is -2.11. The molecule has 0 aliphatic heterocycles. The highest BCUT2D eigenvalue weighted by molar-refractivity contribution is 7.92. The van der Waals surface area contributed by atoms with Gasteiger partial charge in [0.15, 0.2) is 0 Å². The lowest BCUT2D eigenvalue weighted by atomic mass is 10.1. The molecule has 0 spiro atoms. The molecule has 0 bridgehead atoms. The van der Waals surface area contributed by atoms with Gasteiger partial charge in [0.2, 0.25) is 5.91 Å². The van der Waals surface area contributed by atoms with Gasteiger partial charge in [-0.25, -0.2) is 8.42 Å². The van der Waals surface area contributed by atoms with Crippen molar-refractivity contribution in [3.8, 4) is 5.75 Å². The molecule has 6 nitrogen and oxygen atoms in total. The monoisotopic (exact) mass is 334 g/mol. The molecule has 0 radical (unpaired) electrons. The second-order valence-corrected chi connectivity index (χ2v) is 6.73. The first-order valence-corrected chi connectivity index (χ1v) is 8.35. The predicted octanol–water partition coefficient (Wildman–Crippen LogP) is 1.83. The van der Waals surface area contributed by atoms with Crippen LogP contribution in [0.15, 0.2) is 47.4 Å². The molecular formula is C16H18N2O4S. The van der Waals surface area contributed by atoms with Crippen LogP contribution in [0.1, 0.15) is 11.1 Å². The molecule has 122 valence electrons. The van der Waals surface area contributed by atoms with Crippen molar-refractivity contribution >= 4 is 21.6 Å². The number of sulfonamides is 1. The van der Waals surface area contributed by atoms with Crippen molar-refractivity contribution in [2.24, 2.45) is 5.73 Å². The van der Waals surface area contributed by atoms with E-state index in [1.54, 1.807) is 43.3 Å². The number of hydrogen-bond acceptors (Lipinski definition) is 4. The van der Waals surface area contributed by atoms with Gasteiger partial charge in [-0.1, -0.05) is 12.1 Å². The van der Waals surface area contributed by atoms with Gasteiger partial charge in [-0.05, 0) is 48.4 Å². The number of ether oxygens (including phenoxy) is 1. The van der Waals surface area contributed by atoms with Crippen LogP contribution in [0.25, 0.3) is 0 Å². The zero-order valence-corrected chi connectivity index (χ0v) is 13.7. The number of carbonyl (C=O) groups excluding carboxylic acids is 1. The molecular weight excluding hydrogens is 316 g/mol. The van der Waals surface area contributed by atoms with Crippen LogP contribution < -0.4 is 15.2 Å². The fraction of sp³-hybridized carbons (Fsp3) is 0.188. The third-order valence-electron chi connectivity index (χ3n) is 3.26. The van der Waals surface area contributed by atoms with E-state index in [9.17, 15) is 13.2 Å². The number of primary amides is 1. The highest BCUT2D eigenvalue weighted by Crippen LogP contribution is 2.23. The van der Waals surface area contributed by atoms with Gasteiger partial charge in [0, 0.05) is 5.69 Å². The minimum Gasteiger partial charge on any atom is -0.497 e. The number of anilines is 1. The number of methoxy groups -OCH3 is 1. The summed E-state index contributed by atoms with van der Waals surface area (Å²) in [6.07, 6.45) is 0.116. The Morgan fingerprint density at radius 3 is 2.35 bits per heavy atom. The molecule has 3 N–H and O–H groups in total. The first-order valence-electron chi connectivity index (χ1n) is 6.86. The fourth-order valence-corrected chi connectivity index (χ4v) is 3.44. The molecule has 0 unspecified atom stereocenters. The number of aryl methyl sites for hydroxylation is 1. The van der Waals surface area contributed by atoms with Gasteiger partial charge in [0.1, 0.15) is 5.75 Å². The lowest BCUT2D eigenvalue weighted by molar-refractivity contribution is -0.117. The Bertz CT molecular complexity index is 814.